The van der Waals surface area contributed by atoms with Gasteiger partial charge < -0.3 is 10.6 Å². The van der Waals surface area contributed by atoms with E-state index in [9.17, 15) is 4.79 Å². The third-order valence-electron chi connectivity index (χ3n) is 3.20. The molecule has 82 valence electrons. The Morgan fingerprint density at radius 3 is 2.79 bits per heavy atom. The van der Waals surface area contributed by atoms with Crippen molar-refractivity contribution in [3.05, 3.63) is 0 Å². The lowest BCUT2D eigenvalue weighted by Crippen LogP contribution is -2.44. The van der Waals surface area contributed by atoms with Crippen LogP contribution in [0.5, 0.6) is 0 Å². The van der Waals surface area contributed by atoms with E-state index in [0.29, 0.717) is 24.2 Å². The molecule has 2 unspecified atom stereocenters. The highest BCUT2D eigenvalue weighted by atomic mass is 16.2. The van der Waals surface area contributed by atoms with Crippen LogP contribution in [0.3, 0.4) is 0 Å². The number of hydrogen-bond acceptors (Lipinski definition) is 2. The summed E-state index contributed by atoms with van der Waals surface area (Å²) in [6, 6.07) is 0. The van der Waals surface area contributed by atoms with Gasteiger partial charge in [-0.25, -0.2) is 0 Å². The fraction of sp³-hybridized carbons (Fsp3) is 0.909. The highest BCUT2D eigenvalue weighted by Crippen LogP contribution is 2.22. The van der Waals surface area contributed by atoms with Gasteiger partial charge in [-0.05, 0) is 31.2 Å². The van der Waals surface area contributed by atoms with E-state index in [1.54, 1.807) is 0 Å². The van der Waals surface area contributed by atoms with Crippen molar-refractivity contribution in [1.82, 2.24) is 4.90 Å². The first-order valence-corrected chi connectivity index (χ1v) is 5.66. The minimum absolute atomic E-state index is 0.315. The predicted octanol–water partition coefficient (Wildman–Crippen LogP) is 1.23. The van der Waals surface area contributed by atoms with Gasteiger partial charge in [0.1, 0.15) is 0 Å². The van der Waals surface area contributed by atoms with Crippen LogP contribution in [0.25, 0.3) is 0 Å². The maximum atomic E-state index is 11.6. The monoisotopic (exact) mass is 198 g/mol. The normalized spacial score (nSPS) is 27.8. The molecule has 2 N–H and O–H groups in total. The number of hydrogen-bond donors (Lipinski definition) is 1. The van der Waals surface area contributed by atoms with Crippen LogP contribution in [-0.2, 0) is 4.79 Å². The highest BCUT2D eigenvalue weighted by Gasteiger charge is 2.26. The molecule has 1 rings (SSSR count). The lowest BCUT2D eigenvalue weighted by atomic mass is 9.87. The molecule has 0 aromatic heterocycles. The maximum Gasteiger partial charge on any atom is 0.222 e. The number of likely N-dealkylation sites (tertiary alicyclic amines) is 1. The molecule has 0 radical (unpaired) electrons. The third kappa shape index (κ3) is 2.71. The summed E-state index contributed by atoms with van der Waals surface area (Å²) in [4.78, 5) is 13.6. The van der Waals surface area contributed by atoms with Gasteiger partial charge in [-0.1, -0.05) is 13.8 Å². The summed E-state index contributed by atoms with van der Waals surface area (Å²) in [7, 11) is 0. The van der Waals surface area contributed by atoms with E-state index < -0.39 is 0 Å². The molecule has 1 fully saturated rings. The SMILES string of the molecule is CCCC(=O)N1CCC(CN)C(C)C1. The van der Waals surface area contributed by atoms with Gasteiger partial charge in [0.2, 0.25) is 5.91 Å². The van der Waals surface area contributed by atoms with Crippen LogP contribution in [0.1, 0.15) is 33.1 Å². The van der Waals surface area contributed by atoms with Crippen LogP contribution in [0.15, 0.2) is 0 Å². The Balaban J connectivity index is 2.41. The first-order valence-electron chi connectivity index (χ1n) is 5.66. The molecule has 0 aromatic carbocycles. The number of rotatable bonds is 3. The zero-order valence-electron chi connectivity index (χ0n) is 9.33. The summed E-state index contributed by atoms with van der Waals surface area (Å²) >= 11 is 0. The second kappa shape index (κ2) is 5.35. The van der Waals surface area contributed by atoms with Gasteiger partial charge in [0, 0.05) is 19.5 Å². The van der Waals surface area contributed by atoms with Gasteiger partial charge >= 0.3 is 0 Å². The Bertz CT molecular complexity index is 194. The standard InChI is InChI=1S/C11H22N2O/c1-3-4-11(14)13-6-5-10(7-12)9(2)8-13/h9-10H,3-8,12H2,1-2H3. The molecule has 14 heavy (non-hydrogen) atoms. The molecule has 0 aromatic rings. The second-order valence-corrected chi connectivity index (χ2v) is 4.35. The molecule has 1 saturated heterocycles. The quantitative estimate of drug-likeness (QED) is 0.741. The Labute approximate surface area is 86.6 Å². The van der Waals surface area contributed by atoms with Crippen molar-refractivity contribution in [2.24, 2.45) is 17.6 Å². The van der Waals surface area contributed by atoms with Crippen LogP contribution in [0.4, 0.5) is 0 Å². The average Bonchev–Trinajstić information content (AvgIpc) is 2.18. The van der Waals surface area contributed by atoms with Crippen LogP contribution < -0.4 is 5.73 Å². The summed E-state index contributed by atoms with van der Waals surface area (Å²) in [6.45, 7) is 6.82. The van der Waals surface area contributed by atoms with Crippen molar-refractivity contribution in [3.8, 4) is 0 Å². The molecule has 1 aliphatic rings. The summed E-state index contributed by atoms with van der Waals surface area (Å²) in [5, 5.41) is 0. The topological polar surface area (TPSA) is 46.3 Å². The molecule has 0 saturated carbocycles. The number of nitrogens with zero attached hydrogens (tertiary/aromatic N) is 1. The first kappa shape index (κ1) is 11.5. The predicted molar refractivity (Wildman–Crippen MR) is 57.8 cm³/mol. The molecular formula is C11H22N2O. The molecule has 3 heteroatoms. The largest absolute Gasteiger partial charge is 0.342 e. The van der Waals surface area contributed by atoms with Crippen molar-refractivity contribution < 1.29 is 4.79 Å². The van der Waals surface area contributed by atoms with Crippen LogP contribution in [-0.4, -0.2) is 30.4 Å². The lowest BCUT2D eigenvalue weighted by Gasteiger charge is -2.36. The van der Waals surface area contributed by atoms with E-state index in [2.05, 4.69) is 6.92 Å². The van der Waals surface area contributed by atoms with E-state index in [1.165, 1.54) is 0 Å². The highest BCUT2D eigenvalue weighted by molar-refractivity contribution is 5.76. The van der Waals surface area contributed by atoms with E-state index >= 15 is 0 Å². The van der Waals surface area contributed by atoms with Crippen molar-refractivity contribution in [2.45, 2.75) is 33.1 Å². The van der Waals surface area contributed by atoms with Crippen molar-refractivity contribution in [2.75, 3.05) is 19.6 Å². The van der Waals surface area contributed by atoms with Crippen molar-refractivity contribution in [3.63, 3.8) is 0 Å². The Kier molecular flexibility index (Phi) is 4.39. The van der Waals surface area contributed by atoms with Crippen LogP contribution in [0.2, 0.25) is 0 Å². The van der Waals surface area contributed by atoms with Gasteiger partial charge in [-0.2, -0.15) is 0 Å². The number of amides is 1. The Morgan fingerprint density at radius 1 is 1.57 bits per heavy atom. The zero-order chi connectivity index (χ0) is 10.6. The fourth-order valence-electron chi connectivity index (χ4n) is 2.14. The molecule has 0 aliphatic carbocycles. The molecule has 0 bridgehead atoms. The van der Waals surface area contributed by atoms with Gasteiger partial charge in [0.05, 0.1) is 0 Å². The van der Waals surface area contributed by atoms with Gasteiger partial charge in [0.15, 0.2) is 0 Å². The van der Waals surface area contributed by atoms with E-state index in [4.69, 9.17) is 5.73 Å². The summed E-state index contributed by atoms with van der Waals surface area (Å²) in [5.41, 5.74) is 5.67. The summed E-state index contributed by atoms with van der Waals surface area (Å²) < 4.78 is 0. The molecule has 1 amide bonds. The Hall–Kier alpha value is -0.570. The van der Waals surface area contributed by atoms with Crippen LogP contribution >= 0.6 is 0 Å². The van der Waals surface area contributed by atoms with Gasteiger partial charge in [-0.15, -0.1) is 0 Å². The van der Waals surface area contributed by atoms with Gasteiger partial charge in [-0.3, -0.25) is 4.79 Å². The third-order valence-corrected chi connectivity index (χ3v) is 3.20. The minimum atomic E-state index is 0.315. The molecule has 3 nitrogen and oxygen atoms in total. The molecular weight excluding hydrogens is 176 g/mol. The molecule has 1 heterocycles. The van der Waals surface area contributed by atoms with Crippen molar-refractivity contribution in [1.29, 1.82) is 0 Å². The Morgan fingerprint density at radius 2 is 2.29 bits per heavy atom. The average molecular weight is 198 g/mol. The van der Waals surface area contributed by atoms with Gasteiger partial charge in [0.25, 0.3) is 0 Å². The smallest absolute Gasteiger partial charge is 0.222 e. The second-order valence-electron chi connectivity index (χ2n) is 4.35. The number of piperidine rings is 1. The number of nitrogens with two attached hydrogens (primary N) is 1. The summed E-state index contributed by atoms with van der Waals surface area (Å²) in [6.07, 6.45) is 2.72. The van der Waals surface area contributed by atoms with Crippen molar-refractivity contribution >= 4 is 5.91 Å². The summed E-state index contributed by atoms with van der Waals surface area (Å²) in [5.74, 6) is 1.49. The number of carbonyl (C=O) groups excluding carboxylic acids is 1. The molecule has 2 atom stereocenters. The minimum Gasteiger partial charge on any atom is -0.342 e. The molecule has 1 aliphatic heterocycles. The number of carbonyl (C=O) groups is 1. The first-order chi connectivity index (χ1) is 6.69. The van der Waals surface area contributed by atoms with E-state index in [0.717, 1.165) is 32.5 Å². The molecule has 0 spiro atoms. The van der Waals surface area contributed by atoms with E-state index in [-0.39, 0.29) is 0 Å². The maximum absolute atomic E-state index is 11.6. The van der Waals surface area contributed by atoms with E-state index in [1.807, 2.05) is 11.8 Å². The lowest BCUT2D eigenvalue weighted by molar-refractivity contribution is -0.133. The van der Waals surface area contributed by atoms with Crippen LogP contribution in [0, 0.1) is 11.8 Å². The fourth-order valence-corrected chi connectivity index (χ4v) is 2.14. The zero-order valence-corrected chi connectivity index (χ0v) is 9.33.